The highest BCUT2D eigenvalue weighted by Gasteiger charge is 2.54. The van der Waals surface area contributed by atoms with Gasteiger partial charge in [0.2, 0.25) is 17.6 Å². The normalized spacial score (nSPS) is 28.3. The monoisotopic (exact) mass is 715 g/mol. The van der Waals surface area contributed by atoms with Crippen LogP contribution in [0, 0.1) is 11.3 Å². The van der Waals surface area contributed by atoms with E-state index in [-0.39, 0.29) is 38.0 Å². The summed E-state index contributed by atoms with van der Waals surface area (Å²) < 4.78 is 16.9. The van der Waals surface area contributed by atoms with Gasteiger partial charge in [-0.05, 0) is 49.3 Å². The Kier molecular flexibility index (Phi) is 10.5. The second-order valence-electron chi connectivity index (χ2n) is 14.9. The van der Waals surface area contributed by atoms with Gasteiger partial charge in [-0.15, -0.1) is 0 Å². The highest BCUT2D eigenvalue weighted by molar-refractivity contribution is 6.38. The Labute approximate surface area is 296 Å². The van der Waals surface area contributed by atoms with Gasteiger partial charge in [0.15, 0.2) is 6.29 Å². The zero-order chi connectivity index (χ0) is 35.8. The molecule has 50 heavy (non-hydrogen) atoms. The zero-order valence-electron chi connectivity index (χ0n) is 28.8. The van der Waals surface area contributed by atoms with E-state index in [9.17, 15) is 24.0 Å². The zero-order valence-corrected chi connectivity index (χ0v) is 29.5. The molecule has 0 bridgehead atoms. The quantitative estimate of drug-likeness (QED) is 0.250. The van der Waals surface area contributed by atoms with E-state index in [0.717, 1.165) is 18.4 Å². The Morgan fingerprint density at radius 1 is 1.12 bits per heavy atom. The third-order valence-corrected chi connectivity index (χ3v) is 10.0. The highest BCUT2D eigenvalue weighted by Crippen LogP contribution is 2.39. The Bertz CT molecular complexity index is 1540. The van der Waals surface area contributed by atoms with Crippen molar-refractivity contribution >= 4 is 46.9 Å². The van der Waals surface area contributed by atoms with Crippen molar-refractivity contribution in [3.05, 3.63) is 40.9 Å². The van der Waals surface area contributed by atoms with Crippen LogP contribution in [0.2, 0.25) is 5.02 Å². The fourth-order valence-corrected chi connectivity index (χ4v) is 7.13. The summed E-state index contributed by atoms with van der Waals surface area (Å²) in [5.41, 5.74) is 2.35. The molecule has 4 N–H and O–H groups in total. The van der Waals surface area contributed by atoms with Crippen LogP contribution in [0.1, 0.15) is 71.8 Å². The number of likely N-dealkylation sites (tertiary alicyclic amines) is 1. The largest absolute Gasteiger partial charge is 0.443 e. The van der Waals surface area contributed by atoms with Gasteiger partial charge in [-0.25, -0.2) is 4.79 Å². The number of halogens is 1. The van der Waals surface area contributed by atoms with E-state index in [1.807, 2.05) is 19.1 Å². The first-order valence-electron chi connectivity index (χ1n) is 17.4. The van der Waals surface area contributed by atoms with E-state index in [2.05, 4.69) is 21.4 Å². The first-order valence-corrected chi connectivity index (χ1v) is 17.7. The van der Waals surface area contributed by atoms with Crippen molar-refractivity contribution in [3.63, 3.8) is 0 Å². The molecule has 3 saturated heterocycles. The molecule has 6 rings (SSSR count). The van der Waals surface area contributed by atoms with E-state index in [1.54, 1.807) is 39.0 Å². The van der Waals surface area contributed by atoms with E-state index in [0.29, 0.717) is 30.2 Å². The van der Waals surface area contributed by atoms with Gasteiger partial charge in [-0.3, -0.25) is 29.5 Å². The Hall–Kier alpha value is -3.72. The maximum absolute atomic E-state index is 14.6. The number of Topliss-reactive ketones (excluding diaryl/α,β-unsaturated/α-hetero) is 1. The average molecular weight is 716 g/mol. The molecule has 4 fully saturated rings. The number of hydrogen-bond donors (Lipinski definition) is 4. The SMILES string of the molecule is CCC[C@H](NC(=O)[C@@H]1C[C@]2(C=C(c3cccc(Cl)c3)NO2)CN1C(=O)[C@@H](NC(=O)O[C@H]1CO[C@H]2OCC[C@H]21)C(C)(C)C)C(=O)C(=O)NC1CC1. The summed E-state index contributed by atoms with van der Waals surface area (Å²) in [5, 5.41) is 8.75. The van der Waals surface area contributed by atoms with Crippen LogP contribution < -0.4 is 21.4 Å². The van der Waals surface area contributed by atoms with Crippen molar-refractivity contribution in [1.29, 1.82) is 0 Å². The van der Waals surface area contributed by atoms with E-state index in [1.165, 1.54) is 4.90 Å². The molecule has 0 aromatic heterocycles. The standard InChI is InChI=1S/C35H46ClN5O9/c1-5-7-23(27(42)30(44)37-21-10-11-21)38-29(43)25-16-35(15-24(40-50-35)19-8-6-9-20(36)14-19)18-41(25)31(45)28(34(2,3)4)39-33(46)49-26-17-48-32-22(26)12-13-47-32/h6,8-9,14-15,21-23,25-26,28,32,40H,5,7,10-13,16-18H2,1-4H3,(H,37,44)(H,38,43)(H,39,46)/t22-,23-,25-,26-,28+,32+,35+/m0/s1. The molecule has 15 heteroatoms. The third kappa shape index (κ3) is 7.93. The van der Waals surface area contributed by atoms with E-state index >= 15 is 0 Å². The second kappa shape index (κ2) is 14.5. The Balaban J connectivity index is 1.24. The van der Waals surface area contributed by atoms with Crippen LogP contribution in [0.5, 0.6) is 0 Å². The van der Waals surface area contributed by atoms with Gasteiger partial charge in [0.05, 0.1) is 37.4 Å². The molecule has 1 aliphatic carbocycles. The number of rotatable bonds is 11. The topological polar surface area (TPSA) is 174 Å². The molecule has 7 atom stereocenters. The number of nitrogens with one attached hydrogen (secondary N) is 4. The molecule has 1 aromatic rings. The molecule has 272 valence electrons. The predicted octanol–water partition coefficient (Wildman–Crippen LogP) is 2.59. The summed E-state index contributed by atoms with van der Waals surface area (Å²) in [6.07, 6.45) is 3.21. The lowest BCUT2D eigenvalue weighted by atomic mass is 9.85. The first-order chi connectivity index (χ1) is 23.8. The minimum absolute atomic E-state index is 0.0256. The number of amides is 4. The van der Waals surface area contributed by atoms with Gasteiger partial charge in [-0.2, -0.15) is 0 Å². The summed E-state index contributed by atoms with van der Waals surface area (Å²) in [5.74, 6) is -2.71. The number of ketones is 1. The lowest BCUT2D eigenvalue weighted by Gasteiger charge is -2.35. The van der Waals surface area contributed by atoms with E-state index < -0.39 is 71.1 Å². The van der Waals surface area contributed by atoms with Gasteiger partial charge in [0.1, 0.15) is 23.8 Å². The van der Waals surface area contributed by atoms with E-state index in [4.69, 9.17) is 30.6 Å². The lowest BCUT2D eigenvalue weighted by Crippen LogP contribution is -2.59. The van der Waals surface area contributed by atoms with Crippen molar-refractivity contribution in [1.82, 2.24) is 26.3 Å². The number of benzene rings is 1. The molecule has 1 aromatic carbocycles. The third-order valence-electron chi connectivity index (χ3n) is 9.81. The summed E-state index contributed by atoms with van der Waals surface area (Å²) in [6, 6.07) is 3.83. The minimum atomic E-state index is -1.13. The van der Waals surface area contributed by atoms with Crippen molar-refractivity contribution in [2.45, 2.75) is 108 Å². The van der Waals surface area contributed by atoms with Crippen LogP contribution in [-0.2, 0) is 38.2 Å². The van der Waals surface area contributed by atoms with Gasteiger partial charge >= 0.3 is 6.09 Å². The van der Waals surface area contributed by atoms with Crippen molar-refractivity contribution in [2.24, 2.45) is 11.3 Å². The summed E-state index contributed by atoms with van der Waals surface area (Å²) in [6.45, 7) is 7.91. The molecule has 0 radical (unpaired) electrons. The maximum atomic E-state index is 14.6. The molecule has 0 unspecified atom stereocenters. The molecule has 4 heterocycles. The lowest BCUT2D eigenvalue weighted by molar-refractivity contribution is -0.144. The summed E-state index contributed by atoms with van der Waals surface area (Å²) >= 11 is 6.24. The number of alkyl carbamates (subject to hydrolysis) is 1. The number of carbonyl (C=O) groups excluding carboxylic acids is 5. The first kappa shape index (κ1) is 36.1. The van der Waals surface area contributed by atoms with Gasteiger partial charge in [-0.1, -0.05) is 57.8 Å². The van der Waals surface area contributed by atoms with Crippen LogP contribution >= 0.6 is 11.6 Å². The summed E-state index contributed by atoms with van der Waals surface area (Å²) in [7, 11) is 0. The molecule has 5 aliphatic rings. The number of hydrogen-bond acceptors (Lipinski definition) is 10. The fourth-order valence-electron chi connectivity index (χ4n) is 6.94. The Morgan fingerprint density at radius 3 is 2.60 bits per heavy atom. The maximum Gasteiger partial charge on any atom is 0.408 e. The number of ether oxygens (including phenoxy) is 3. The van der Waals surface area contributed by atoms with Crippen molar-refractivity contribution in [2.75, 3.05) is 19.8 Å². The van der Waals surface area contributed by atoms with Crippen LogP contribution in [-0.4, -0.2) is 96.4 Å². The molecule has 4 amide bonds. The molecule has 1 spiro atoms. The van der Waals surface area contributed by atoms with Crippen LogP contribution in [0.3, 0.4) is 0 Å². The van der Waals surface area contributed by atoms with Crippen molar-refractivity contribution in [3.8, 4) is 0 Å². The highest BCUT2D eigenvalue weighted by atomic mass is 35.5. The van der Waals surface area contributed by atoms with Crippen LogP contribution in [0.15, 0.2) is 30.3 Å². The smallest absolute Gasteiger partial charge is 0.408 e. The Morgan fingerprint density at radius 2 is 1.90 bits per heavy atom. The van der Waals surface area contributed by atoms with Gasteiger partial charge in [0.25, 0.3) is 5.91 Å². The van der Waals surface area contributed by atoms with Crippen LogP contribution in [0.4, 0.5) is 4.79 Å². The summed E-state index contributed by atoms with van der Waals surface area (Å²) in [4.78, 5) is 75.3. The number of fused-ring (bicyclic) bond motifs is 1. The molecule has 4 aliphatic heterocycles. The second-order valence-corrected chi connectivity index (χ2v) is 15.3. The van der Waals surface area contributed by atoms with Gasteiger partial charge in [0, 0.05) is 23.0 Å². The molecule has 14 nitrogen and oxygen atoms in total. The fraction of sp³-hybridized carbons (Fsp3) is 0.629. The number of carbonyl (C=O) groups is 5. The number of nitrogens with zero attached hydrogens (tertiary/aromatic N) is 1. The average Bonchev–Trinajstić information content (AvgIpc) is 3.40. The molecular weight excluding hydrogens is 670 g/mol. The molecule has 1 saturated carbocycles. The van der Waals surface area contributed by atoms with Crippen LogP contribution in [0.25, 0.3) is 5.70 Å². The van der Waals surface area contributed by atoms with Crippen molar-refractivity contribution < 1.29 is 43.0 Å². The minimum Gasteiger partial charge on any atom is -0.443 e. The number of hydroxylamine groups is 1. The van der Waals surface area contributed by atoms with Gasteiger partial charge < -0.3 is 35.1 Å². The predicted molar refractivity (Wildman–Crippen MR) is 180 cm³/mol. The molecular formula is C35H46ClN5O9.